The minimum absolute atomic E-state index is 0.264. The second kappa shape index (κ2) is 3.14. The maximum atomic E-state index is 9.91. The van der Waals surface area contributed by atoms with Crippen molar-refractivity contribution in [3.05, 3.63) is 24.3 Å². The lowest BCUT2D eigenvalue weighted by Gasteiger charge is -2.38. The monoisotopic (exact) mass is 223 g/mol. The fraction of sp³-hybridized carbons (Fsp3) is 0.455. The van der Waals surface area contributed by atoms with E-state index in [1.807, 2.05) is 24.3 Å². The number of fused-ring (bicyclic) bond motifs is 3. The summed E-state index contributed by atoms with van der Waals surface area (Å²) in [6.07, 6.45) is 1.29. The molecule has 1 atom stereocenters. The Balaban J connectivity index is 2.10. The van der Waals surface area contributed by atoms with E-state index < -0.39 is 5.91 Å². The quantitative estimate of drug-likeness (QED) is 0.652. The van der Waals surface area contributed by atoms with Gasteiger partial charge >= 0.3 is 0 Å². The molecule has 3 nitrogen and oxygen atoms in total. The Morgan fingerprint density at radius 1 is 1.33 bits per heavy atom. The first-order chi connectivity index (χ1) is 7.18. The van der Waals surface area contributed by atoms with Crippen molar-refractivity contribution in [2.45, 2.75) is 29.7 Å². The minimum atomic E-state index is -1.65. The second-order valence-corrected chi connectivity index (χ2v) is 5.18. The number of benzene rings is 1. The fourth-order valence-electron chi connectivity index (χ4n) is 2.41. The smallest absolute Gasteiger partial charge is 0.247 e. The molecule has 0 spiro atoms. The van der Waals surface area contributed by atoms with E-state index in [1.54, 1.807) is 16.7 Å². The minimum Gasteiger partial charge on any atom is -0.349 e. The Labute approximate surface area is 92.7 Å². The first kappa shape index (κ1) is 9.51. The van der Waals surface area contributed by atoms with E-state index in [9.17, 15) is 10.2 Å². The highest BCUT2D eigenvalue weighted by Gasteiger charge is 2.46. The molecule has 0 bridgehead atoms. The molecule has 0 radical (unpaired) electrons. The molecule has 3 rings (SSSR count). The first-order valence-corrected chi connectivity index (χ1v) is 6.13. The molecule has 1 fully saturated rings. The summed E-state index contributed by atoms with van der Waals surface area (Å²) in [6.45, 7) is 0. The van der Waals surface area contributed by atoms with Crippen LogP contribution in [0.2, 0.25) is 0 Å². The van der Waals surface area contributed by atoms with Gasteiger partial charge in [-0.1, -0.05) is 12.1 Å². The summed E-state index contributed by atoms with van der Waals surface area (Å²) >= 11 is 1.80. The van der Waals surface area contributed by atoms with E-state index >= 15 is 0 Å². The maximum Gasteiger partial charge on any atom is 0.247 e. The van der Waals surface area contributed by atoms with Crippen molar-refractivity contribution in [3.8, 4) is 0 Å². The van der Waals surface area contributed by atoms with E-state index in [4.69, 9.17) is 0 Å². The standard InChI is InChI=1S/C11H13NO2S/c13-11(14)6-5-8-7-15-10-4-2-1-3-9(10)12(8)11/h1-4,8,13-14H,5-7H2/t8-/m0/s1. The Kier molecular flexibility index (Phi) is 1.99. The van der Waals surface area contributed by atoms with Gasteiger partial charge in [-0.05, 0) is 18.6 Å². The third kappa shape index (κ3) is 1.36. The van der Waals surface area contributed by atoms with E-state index in [0.29, 0.717) is 6.42 Å². The molecule has 2 aliphatic rings. The van der Waals surface area contributed by atoms with E-state index in [1.165, 1.54) is 0 Å². The molecule has 0 amide bonds. The van der Waals surface area contributed by atoms with E-state index in [-0.39, 0.29) is 6.04 Å². The van der Waals surface area contributed by atoms with Crippen LogP contribution in [0.25, 0.3) is 0 Å². The van der Waals surface area contributed by atoms with Gasteiger partial charge in [0.1, 0.15) is 0 Å². The number of nitrogens with zero attached hydrogens (tertiary/aromatic N) is 1. The van der Waals surface area contributed by atoms with Gasteiger partial charge in [0.15, 0.2) is 0 Å². The van der Waals surface area contributed by atoms with Crippen LogP contribution < -0.4 is 4.90 Å². The fourth-order valence-corrected chi connectivity index (χ4v) is 3.59. The van der Waals surface area contributed by atoms with Crippen molar-refractivity contribution in [2.24, 2.45) is 0 Å². The summed E-state index contributed by atoms with van der Waals surface area (Å²) in [5, 5.41) is 19.8. The number of hydrogen-bond acceptors (Lipinski definition) is 4. The molecule has 0 aliphatic carbocycles. The van der Waals surface area contributed by atoms with Crippen LogP contribution in [0.3, 0.4) is 0 Å². The predicted octanol–water partition coefficient (Wildman–Crippen LogP) is 1.40. The molecule has 1 aromatic rings. The summed E-state index contributed by atoms with van der Waals surface area (Å²) < 4.78 is 0. The van der Waals surface area contributed by atoms with Gasteiger partial charge in [-0.25, -0.2) is 0 Å². The molecule has 15 heavy (non-hydrogen) atoms. The molecule has 1 aromatic carbocycles. The molecule has 0 saturated carbocycles. The number of thioether (sulfide) groups is 1. The van der Waals surface area contributed by atoms with Gasteiger partial charge in [-0.15, -0.1) is 11.8 Å². The largest absolute Gasteiger partial charge is 0.349 e. The average molecular weight is 223 g/mol. The van der Waals surface area contributed by atoms with Gasteiger partial charge in [0.2, 0.25) is 5.91 Å². The van der Waals surface area contributed by atoms with Gasteiger partial charge in [-0.2, -0.15) is 0 Å². The second-order valence-electron chi connectivity index (χ2n) is 4.12. The summed E-state index contributed by atoms with van der Waals surface area (Å²) in [5.74, 6) is -0.707. The lowest BCUT2D eigenvalue weighted by Crippen LogP contribution is -2.49. The zero-order chi connectivity index (χ0) is 10.5. The highest BCUT2D eigenvalue weighted by molar-refractivity contribution is 7.99. The topological polar surface area (TPSA) is 43.7 Å². The van der Waals surface area contributed by atoms with Crippen LogP contribution in [0.15, 0.2) is 29.2 Å². The van der Waals surface area contributed by atoms with Crippen LogP contribution in [-0.4, -0.2) is 27.9 Å². The number of anilines is 1. The third-order valence-corrected chi connectivity index (χ3v) is 4.33. The Morgan fingerprint density at radius 2 is 2.13 bits per heavy atom. The number of rotatable bonds is 0. The molecule has 2 N–H and O–H groups in total. The van der Waals surface area contributed by atoms with E-state index in [0.717, 1.165) is 22.8 Å². The molecular weight excluding hydrogens is 210 g/mol. The van der Waals surface area contributed by atoms with Crippen LogP contribution in [-0.2, 0) is 0 Å². The molecule has 4 heteroatoms. The summed E-state index contributed by atoms with van der Waals surface area (Å²) in [7, 11) is 0. The Morgan fingerprint density at radius 3 is 3.00 bits per heavy atom. The highest BCUT2D eigenvalue weighted by Crippen LogP contribution is 2.45. The number of para-hydroxylation sites is 1. The van der Waals surface area contributed by atoms with Crippen molar-refractivity contribution >= 4 is 17.4 Å². The number of hydrogen-bond donors (Lipinski definition) is 2. The number of aliphatic hydroxyl groups is 2. The molecule has 2 aliphatic heterocycles. The third-order valence-electron chi connectivity index (χ3n) is 3.12. The molecule has 80 valence electrons. The highest BCUT2D eigenvalue weighted by atomic mass is 32.2. The van der Waals surface area contributed by atoms with Crippen molar-refractivity contribution < 1.29 is 10.2 Å². The molecule has 1 saturated heterocycles. The van der Waals surface area contributed by atoms with Crippen LogP contribution >= 0.6 is 11.8 Å². The van der Waals surface area contributed by atoms with E-state index in [2.05, 4.69) is 0 Å². The Bertz CT molecular complexity index is 394. The molecule has 2 heterocycles. The van der Waals surface area contributed by atoms with Crippen LogP contribution in [0.5, 0.6) is 0 Å². The summed E-state index contributed by atoms with van der Waals surface area (Å²) in [5.41, 5.74) is 0.959. The lowest BCUT2D eigenvalue weighted by atomic mass is 10.2. The Hall–Kier alpha value is -0.710. The van der Waals surface area contributed by atoms with Crippen molar-refractivity contribution in [1.82, 2.24) is 0 Å². The van der Waals surface area contributed by atoms with Crippen molar-refractivity contribution in [3.63, 3.8) is 0 Å². The SMILES string of the molecule is OC1(O)CC[C@H]2CSc3ccccc3N21. The summed E-state index contributed by atoms with van der Waals surface area (Å²) in [6, 6.07) is 8.18. The molecular formula is C11H13NO2S. The van der Waals surface area contributed by atoms with Gasteiger partial charge in [0.25, 0.3) is 0 Å². The molecule has 0 aromatic heterocycles. The van der Waals surface area contributed by atoms with Crippen LogP contribution in [0.1, 0.15) is 12.8 Å². The average Bonchev–Trinajstić information content (AvgIpc) is 2.55. The predicted molar refractivity (Wildman–Crippen MR) is 59.8 cm³/mol. The zero-order valence-electron chi connectivity index (χ0n) is 8.26. The van der Waals surface area contributed by atoms with Gasteiger partial charge in [-0.3, -0.25) is 0 Å². The first-order valence-electron chi connectivity index (χ1n) is 5.14. The lowest BCUT2D eigenvalue weighted by molar-refractivity contribution is -0.151. The normalized spacial score (nSPS) is 27.3. The van der Waals surface area contributed by atoms with Gasteiger partial charge in [0, 0.05) is 23.1 Å². The van der Waals surface area contributed by atoms with Crippen molar-refractivity contribution in [1.29, 1.82) is 0 Å². The zero-order valence-corrected chi connectivity index (χ0v) is 9.07. The summed E-state index contributed by atoms with van der Waals surface area (Å²) in [4.78, 5) is 2.90. The van der Waals surface area contributed by atoms with Gasteiger partial charge < -0.3 is 15.1 Å². The van der Waals surface area contributed by atoms with Gasteiger partial charge in [0.05, 0.1) is 5.69 Å². The molecule has 0 unspecified atom stereocenters. The maximum absolute atomic E-state index is 9.91. The van der Waals surface area contributed by atoms with Crippen LogP contribution in [0.4, 0.5) is 5.69 Å². The van der Waals surface area contributed by atoms with Crippen LogP contribution in [0, 0.1) is 0 Å². The van der Waals surface area contributed by atoms with Crippen molar-refractivity contribution in [2.75, 3.05) is 10.7 Å².